The average molecular weight is 1010 g/mol. The number of furan rings is 4. The van der Waals surface area contributed by atoms with Crippen LogP contribution in [0.2, 0.25) is 0 Å². The van der Waals surface area contributed by atoms with Crippen molar-refractivity contribution >= 4 is 43.5 Å². The molecule has 2 aromatic carbocycles. The summed E-state index contributed by atoms with van der Waals surface area (Å²) in [6.07, 6.45) is 28.3. The molecule has 0 saturated heterocycles. The van der Waals surface area contributed by atoms with Crippen molar-refractivity contribution in [2.45, 2.75) is 0 Å². The second kappa shape index (κ2) is 12.7. The molecule has 8 aromatic heterocycles. The van der Waals surface area contributed by atoms with Gasteiger partial charge in [-0.3, -0.25) is 4.57 Å². The van der Waals surface area contributed by atoms with E-state index in [2.05, 4.69) is 45.9 Å². The Morgan fingerprint density at radius 2 is 1.37 bits per heavy atom. The second-order valence-electron chi connectivity index (χ2n) is 11.0. The summed E-state index contributed by atoms with van der Waals surface area (Å²) < 4.78 is 31.9. The van der Waals surface area contributed by atoms with E-state index in [9.17, 15) is 0 Å². The van der Waals surface area contributed by atoms with Crippen molar-refractivity contribution in [1.29, 1.82) is 0 Å². The van der Waals surface area contributed by atoms with Gasteiger partial charge in [0.05, 0.1) is 37.0 Å². The van der Waals surface area contributed by atoms with Gasteiger partial charge in [-0.25, -0.2) is 4.98 Å². The van der Waals surface area contributed by atoms with Gasteiger partial charge in [-0.1, -0.05) is 58.3 Å². The molecule has 10 aromatic rings. The third kappa shape index (κ3) is 5.41. The molecular formula is C35H22N8O4Pt2-2. The Balaban J connectivity index is 0.000000148. The SMILES string of the molecule is Cn1c[c-]nc1-c1coc2cc3coc(-n4[c-][n+](C)cc4)c3[c-]c12.Cn1ccnc1-c1coc2cc3coc(-n4[c-]ncc4)c3[c-]c12.[Pt+2].[Pt]. The Hall–Kier alpha value is -5.18. The van der Waals surface area contributed by atoms with Gasteiger partial charge in [0.1, 0.15) is 11.7 Å². The molecule has 0 saturated carbocycles. The van der Waals surface area contributed by atoms with E-state index in [0.717, 1.165) is 66.3 Å². The normalized spacial score (nSPS) is 11.2. The van der Waals surface area contributed by atoms with Gasteiger partial charge in [0.15, 0.2) is 0 Å². The minimum atomic E-state index is 0. The third-order valence-corrected chi connectivity index (χ3v) is 7.97. The molecule has 0 aliphatic rings. The fraction of sp³-hybridized carbons (Fsp3) is 0.0857. The zero-order chi connectivity index (χ0) is 31.6. The van der Waals surface area contributed by atoms with Crippen molar-refractivity contribution in [3.63, 3.8) is 0 Å². The molecule has 0 spiro atoms. The Morgan fingerprint density at radius 3 is 1.90 bits per heavy atom. The predicted octanol–water partition coefficient (Wildman–Crippen LogP) is 5.96. The summed E-state index contributed by atoms with van der Waals surface area (Å²) in [5, 5.41) is 5.29. The number of imidazole rings is 4. The maximum atomic E-state index is 5.73. The van der Waals surface area contributed by atoms with Crippen LogP contribution in [-0.2, 0) is 63.3 Å². The fourth-order valence-corrected chi connectivity index (χ4v) is 5.67. The number of aryl methyl sites for hydroxylation is 3. The van der Waals surface area contributed by atoms with Crippen molar-refractivity contribution in [1.82, 2.24) is 33.2 Å². The molecule has 14 heteroatoms. The zero-order valence-electron chi connectivity index (χ0n) is 25.8. The van der Waals surface area contributed by atoms with Crippen molar-refractivity contribution in [2.24, 2.45) is 21.1 Å². The summed E-state index contributed by atoms with van der Waals surface area (Å²) >= 11 is 0. The molecule has 8 heterocycles. The average Bonchev–Trinajstić information content (AvgIpc) is 3.91. The number of rotatable bonds is 4. The summed E-state index contributed by atoms with van der Waals surface area (Å²) in [5.74, 6) is 2.92. The number of hydrogen-bond donors (Lipinski definition) is 0. The molecule has 0 unspecified atom stereocenters. The molecule has 0 radical (unpaired) electrons. The zero-order valence-corrected chi connectivity index (χ0v) is 30.4. The van der Waals surface area contributed by atoms with Gasteiger partial charge in [-0.2, -0.15) is 0 Å². The summed E-state index contributed by atoms with van der Waals surface area (Å²) in [5.41, 5.74) is 3.27. The minimum absolute atomic E-state index is 0. The van der Waals surface area contributed by atoms with E-state index in [-0.39, 0.29) is 42.1 Å². The van der Waals surface area contributed by atoms with Crippen molar-refractivity contribution in [3.05, 3.63) is 112 Å². The van der Waals surface area contributed by atoms with Crippen LogP contribution in [0.4, 0.5) is 0 Å². The van der Waals surface area contributed by atoms with Crippen LogP contribution in [0.3, 0.4) is 0 Å². The van der Waals surface area contributed by atoms with Crippen LogP contribution < -0.4 is 4.57 Å². The molecule has 0 amide bonds. The van der Waals surface area contributed by atoms with Gasteiger partial charge < -0.3 is 45.9 Å². The Morgan fingerprint density at radius 1 is 0.714 bits per heavy atom. The van der Waals surface area contributed by atoms with E-state index >= 15 is 0 Å². The van der Waals surface area contributed by atoms with Crippen molar-refractivity contribution < 1.29 is 64.4 Å². The summed E-state index contributed by atoms with van der Waals surface area (Å²) in [4.78, 5) is 12.6. The first-order valence-electron chi connectivity index (χ1n) is 14.5. The standard InChI is InChI=1S/C18H12N4O2.C17H10N4O2.2Pt/c1-20-5-6-22(11-20)18-13-8-14-15(17-19-3-4-21(17)2)10-23-16(14)7-12(13)9-24-18;1-20-4-3-19-16(20)14-9-22-15-6-11-8-23-17(12(11)7-13(14)15)21-5-2-18-10-21;;/h4-7,9-10H,1-2H3;2-6,8-9H,1H3;;/q2*-2;;+2. The summed E-state index contributed by atoms with van der Waals surface area (Å²) in [6, 6.07) is 10.7. The van der Waals surface area contributed by atoms with Crippen LogP contribution in [0, 0.1) is 31.0 Å². The summed E-state index contributed by atoms with van der Waals surface area (Å²) in [6.45, 7) is 0. The van der Waals surface area contributed by atoms with E-state index in [0.29, 0.717) is 11.8 Å². The molecule has 0 fully saturated rings. The summed E-state index contributed by atoms with van der Waals surface area (Å²) in [7, 11) is 5.78. The van der Waals surface area contributed by atoms with Gasteiger partial charge in [-0.15, -0.1) is 18.3 Å². The van der Waals surface area contributed by atoms with Crippen molar-refractivity contribution in [2.75, 3.05) is 0 Å². The number of hydrogen-bond acceptors (Lipinski definition) is 7. The van der Waals surface area contributed by atoms with Crippen LogP contribution in [0.15, 0.2) is 98.2 Å². The fourth-order valence-electron chi connectivity index (χ4n) is 5.67. The van der Waals surface area contributed by atoms with Crippen molar-refractivity contribution in [3.8, 4) is 34.5 Å². The van der Waals surface area contributed by atoms with Crippen LogP contribution in [0.25, 0.3) is 78.0 Å². The van der Waals surface area contributed by atoms with Crippen LogP contribution >= 0.6 is 0 Å². The van der Waals surface area contributed by atoms with Gasteiger partial charge in [-0.05, 0) is 28.8 Å². The first kappa shape index (κ1) is 32.4. The second-order valence-corrected chi connectivity index (χ2v) is 11.0. The first-order chi connectivity index (χ1) is 23.0. The molecule has 0 aliphatic heterocycles. The van der Waals surface area contributed by atoms with Gasteiger partial charge in [0, 0.05) is 65.5 Å². The van der Waals surface area contributed by atoms with Gasteiger partial charge in [0.2, 0.25) is 12.2 Å². The molecule has 0 aliphatic carbocycles. The molecule has 0 bridgehead atoms. The smallest absolute Gasteiger partial charge is 0.509 e. The maximum absolute atomic E-state index is 5.73. The third-order valence-electron chi connectivity index (χ3n) is 7.97. The number of fused-ring (bicyclic) bond motifs is 4. The van der Waals surface area contributed by atoms with Crippen LogP contribution in [0.5, 0.6) is 0 Å². The number of benzene rings is 2. The van der Waals surface area contributed by atoms with E-state index < -0.39 is 0 Å². The molecule has 248 valence electrons. The van der Waals surface area contributed by atoms with Crippen LogP contribution in [0.1, 0.15) is 0 Å². The monoisotopic (exact) mass is 1010 g/mol. The maximum Gasteiger partial charge on any atom is 2.00 e. The Bertz CT molecular complexity index is 2700. The Kier molecular flexibility index (Phi) is 8.38. The van der Waals surface area contributed by atoms with E-state index in [1.54, 1.807) is 59.0 Å². The first-order valence-corrected chi connectivity index (χ1v) is 14.5. The van der Waals surface area contributed by atoms with E-state index in [4.69, 9.17) is 17.7 Å². The molecule has 0 atom stereocenters. The molecule has 49 heavy (non-hydrogen) atoms. The molecule has 10 rings (SSSR count). The van der Waals surface area contributed by atoms with E-state index in [1.165, 1.54) is 0 Å². The van der Waals surface area contributed by atoms with Gasteiger partial charge in [0.25, 0.3) is 0 Å². The quantitative estimate of drug-likeness (QED) is 0.158. The molecular weight excluding hydrogens is 987 g/mol. The minimum Gasteiger partial charge on any atom is -0.509 e. The Labute approximate surface area is 306 Å². The molecule has 12 nitrogen and oxygen atoms in total. The van der Waals surface area contributed by atoms with Gasteiger partial charge >= 0.3 is 21.1 Å². The molecule has 0 N–H and O–H groups in total. The van der Waals surface area contributed by atoms with E-state index in [1.807, 2.05) is 65.6 Å². The predicted molar refractivity (Wildman–Crippen MR) is 168 cm³/mol. The number of nitrogens with zero attached hydrogens (tertiary/aromatic N) is 8. The topological polar surface area (TPSA) is 115 Å². The van der Waals surface area contributed by atoms with Crippen LogP contribution in [-0.4, -0.2) is 33.2 Å². The number of aromatic nitrogens is 8. The largest absolute Gasteiger partial charge is 2.00 e.